The van der Waals surface area contributed by atoms with Crippen LogP contribution in [0, 0.1) is 5.92 Å². The monoisotopic (exact) mass is 260 g/mol. The van der Waals surface area contributed by atoms with E-state index in [1.807, 2.05) is 11.4 Å². The lowest BCUT2D eigenvalue weighted by molar-refractivity contribution is 0.142. The van der Waals surface area contributed by atoms with Crippen molar-refractivity contribution in [2.24, 2.45) is 5.92 Å². The van der Waals surface area contributed by atoms with Crippen molar-refractivity contribution in [3.63, 3.8) is 0 Å². The van der Waals surface area contributed by atoms with Crippen LogP contribution in [0.1, 0.15) is 56.9 Å². The third kappa shape index (κ3) is 4.08. The second-order valence-corrected chi connectivity index (χ2v) is 5.66. The molecule has 1 nitrogen and oxygen atoms in total. The molecule has 1 aromatic rings. The van der Waals surface area contributed by atoms with E-state index in [1.54, 1.807) is 11.3 Å². The van der Waals surface area contributed by atoms with Gasteiger partial charge in [-0.1, -0.05) is 51.1 Å². The molecule has 1 heterocycles. The number of halogens is 1. The third-order valence-corrected chi connectivity index (χ3v) is 4.51. The molecule has 0 saturated heterocycles. The molecular formula is C13H21ClOS. The molecule has 1 aromatic heterocycles. The van der Waals surface area contributed by atoms with E-state index in [4.69, 9.17) is 11.6 Å². The van der Waals surface area contributed by atoms with Gasteiger partial charge in [0.2, 0.25) is 0 Å². The molecule has 1 rings (SSSR count). The van der Waals surface area contributed by atoms with Crippen LogP contribution in [0.3, 0.4) is 0 Å². The molecule has 0 radical (unpaired) electrons. The first-order chi connectivity index (χ1) is 7.69. The zero-order valence-corrected chi connectivity index (χ0v) is 11.7. The highest BCUT2D eigenvalue weighted by molar-refractivity contribution is 7.10. The van der Waals surface area contributed by atoms with Gasteiger partial charge in [-0.05, 0) is 23.8 Å². The van der Waals surface area contributed by atoms with Crippen molar-refractivity contribution in [2.45, 2.75) is 52.1 Å². The van der Waals surface area contributed by atoms with Gasteiger partial charge < -0.3 is 5.11 Å². The first-order valence-corrected chi connectivity index (χ1v) is 7.35. The lowest BCUT2D eigenvalue weighted by Crippen LogP contribution is -2.06. The molecule has 2 unspecified atom stereocenters. The quantitative estimate of drug-likeness (QED) is 0.728. The Hall–Kier alpha value is -0.0500. The normalized spacial score (nSPS) is 15.0. The minimum Gasteiger partial charge on any atom is -0.388 e. The van der Waals surface area contributed by atoms with Crippen LogP contribution in [0.15, 0.2) is 11.4 Å². The first kappa shape index (κ1) is 14.0. The van der Waals surface area contributed by atoms with Gasteiger partial charge in [-0.2, -0.15) is 0 Å². The summed E-state index contributed by atoms with van der Waals surface area (Å²) in [4.78, 5) is 0.927. The summed E-state index contributed by atoms with van der Waals surface area (Å²) in [6.07, 6.45) is 5.30. The van der Waals surface area contributed by atoms with Crippen LogP contribution in [0.2, 0.25) is 5.02 Å². The lowest BCUT2D eigenvalue weighted by Gasteiger charge is -2.18. The lowest BCUT2D eigenvalue weighted by atomic mass is 9.93. The van der Waals surface area contributed by atoms with E-state index >= 15 is 0 Å². The van der Waals surface area contributed by atoms with Gasteiger partial charge in [0.25, 0.3) is 0 Å². The maximum Gasteiger partial charge on any atom is 0.0899 e. The maximum absolute atomic E-state index is 10.1. The predicted molar refractivity (Wildman–Crippen MR) is 72.2 cm³/mol. The second-order valence-electron chi connectivity index (χ2n) is 4.30. The van der Waals surface area contributed by atoms with E-state index in [0.29, 0.717) is 10.9 Å². The summed E-state index contributed by atoms with van der Waals surface area (Å²) < 4.78 is 0. The molecule has 0 amide bonds. The molecular weight excluding hydrogens is 240 g/mol. The summed E-state index contributed by atoms with van der Waals surface area (Å²) >= 11 is 7.57. The molecule has 0 saturated carbocycles. The minimum atomic E-state index is -0.380. The summed E-state index contributed by atoms with van der Waals surface area (Å²) in [7, 11) is 0. The van der Waals surface area contributed by atoms with E-state index in [2.05, 4.69) is 13.8 Å². The largest absolute Gasteiger partial charge is 0.388 e. The fourth-order valence-electron chi connectivity index (χ4n) is 1.95. The highest BCUT2D eigenvalue weighted by Gasteiger charge is 2.17. The van der Waals surface area contributed by atoms with Gasteiger partial charge in [0.05, 0.1) is 16.0 Å². The Morgan fingerprint density at radius 3 is 2.69 bits per heavy atom. The van der Waals surface area contributed by atoms with Crippen LogP contribution in [-0.2, 0) is 0 Å². The summed E-state index contributed by atoms with van der Waals surface area (Å²) in [6, 6.07) is 1.86. The van der Waals surface area contributed by atoms with Crippen LogP contribution in [0.5, 0.6) is 0 Å². The van der Waals surface area contributed by atoms with Crippen LogP contribution in [0.25, 0.3) is 0 Å². The van der Waals surface area contributed by atoms with E-state index in [9.17, 15) is 5.11 Å². The van der Waals surface area contributed by atoms with Crippen LogP contribution in [0.4, 0.5) is 0 Å². The number of aliphatic hydroxyl groups excluding tert-OH is 1. The molecule has 0 spiro atoms. The molecule has 2 atom stereocenters. The Kier molecular flexibility index (Phi) is 6.40. The van der Waals surface area contributed by atoms with Gasteiger partial charge >= 0.3 is 0 Å². The highest BCUT2D eigenvalue weighted by Crippen LogP contribution is 2.34. The van der Waals surface area contributed by atoms with Crippen LogP contribution < -0.4 is 0 Å². The average Bonchev–Trinajstić information content (AvgIpc) is 2.70. The summed E-state index contributed by atoms with van der Waals surface area (Å²) in [5, 5.41) is 12.8. The van der Waals surface area contributed by atoms with E-state index in [0.717, 1.165) is 17.7 Å². The highest BCUT2D eigenvalue weighted by atomic mass is 35.5. The van der Waals surface area contributed by atoms with Crippen molar-refractivity contribution < 1.29 is 5.11 Å². The van der Waals surface area contributed by atoms with E-state index in [1.165, 1.54) is 19.3 Å². The SMILES string of the molecule is CCCCC(CC)CC(O)c1sccc1Cl. The Morgan fingerprint density at radius 2 is 2.19 bits per heavy atom. The number of thiophene rings is 1. The second kappa shape index (κ2) is 7.31. The zero-order valence-electron chi connectivity index (χ0n) is 10.1. The zero-order chi connectivity index (χ0) is 12.0. The average molecular weight is 261 g/mol. The van der Waals surface area contributed by atoms with Crippen LogP contribution >= 0.6 is 22.9 Å². The van der Waals surface area contributed by atoms with Gasteiger partial charge in [0.1, 0.15) is 0 Å². The van der Waals surface area contributed by atoms with E-state index in [-0.39, 0.29) is 6.10 Å². The third-order valence-electron chi connectivity index (χ3n) is 3.05. The number of rotatable bonds is 7. The fraction of sp³-hybridized carbons (Fsp3) is 0.692. The standard InChI is InChI=1S/C13H21ClOS/c1-3-5-6-10(4-2)9-12(15)13-11(14)7-8-16-13/h7-8,10,12,15H,3-6,9H2,1-2H3. The summed E-state index contributed by atoms with van der Waals surface area (Å²) in [6.45, 7) is 4.41. The molecule has 0 aliphatic rings. The topological polar surface area (TPSA) is 20.2 Å². The summed E-state index contributed by atoms with van der Waals surface area (Å²) in [5.74, 6) is 0.619. The molecule has 16 heavy (non-hydrogen) atoms. The maximum atomic E-state index is 10.1. The van der Waals surface area contributed by atoms with Crippen molar-refractivity contribution >= 4 is 22.9 Å². The Morgan fingerprint density at radius 1 is 1.44 bits per heavy atom. The molecule has 0 aliphatic heterocycles. The number of hydrogen-bond donors (Lipinski definition) is 1. The summed E-state index contributed by atoms with van der Waals surface area (Å²) in [5.41, 5.74) is 0. The molecule has 92 valence electrons. The Bertz CT molecular complexity index is 298. The molecule has 3 heteroatoms. The Labute approximate surface area is 107 Å². The smallest absolute Gasteiger partial charge is 0.0899 e. The predicted octanol–water partition coefficient (Wildman–Crippen LogP) is 5.04. The van der Waals surface area contributed by atoms with Crippen molar-refractivity contribution in [2.75, 3.05) is 0 Å². The fourth-order valence-corrected chi connectivity index (χ4v) is 3.13. The van der Waals surface area contributed by atoms with Gasteiger partial charge in [-0.3, -0.25) is 0 Å². The minimum absolute atomic E-state index is 0.380. The number of aliphatic hydroxyl groups is 1. The van der Waals surface area contributed by atoms with Crippen LogP contribution in [-0.4, -0.2) is 5.11 Å². The van der Waals surface area contributed by atoms with Gasteiger partial charge in [-0.25, -0.2) is 0 Å². The van der Waals surface area contributed by atoms with Crippen molar-refractivity contribution in [1.82, 2.24) is 0 Å². The molecule has 0 aromatic carbocycles. The van der Waals surface area contributed by atoms with Gasteiger partial charge in [-0.15, -0.1) is 11.3 Å². The van der Waals surface area contributed by atoms with Crippen molar-refractivity contribution in [3.05, 3.63) is 21.3 Å². The number of hydrogen-bond acceptors (Lipinski definition) is 2. The van der Waals surface area contributed by atoms with Gasteiger partial charge in [0, 0.05) is 0 Å². The van der Waals surface area contributed by atoms with E-state index < -0.39 is 0 Å². The Balaban J connectivity index is 2.48. The first-order valence-electron chi connectivity index (χ1n) is 6.09. The van der Waals surface area contributed by atoms with Gasteiger partial charge in [0.15, 0.2) is 0 Å². The van der Waals surface area contributed by atoms with Crippen molar-refractivity contribution in [1.29, 1.82) is 0 Å². The molecule has 1 N–H and O–H groups in total. The molecule has 0 fully saturated rings. The molecule has 0 bridgehead atoms. The number of unbranched alkanes of at least 4 members (excludes halogenated alkanes) is 1. The van der Waals surface area contributed by atoms with Crippen molar-refractivity contribution in [3.8, 4) is 0 Å². The molecule has 0 aliphatic carbocycles.